The summed E-state index contributed by atoms with van der Waals surface area (Å²) < 4.78 is 7.93. The van der Waals surface area contributed by atoms with Gasteiger partial charge in [-0.25, -0.2) is 9.59 Å². The molecule has 0 saturated carbocycles. The Morgan fingerprint density at radius 1 is 1.18 bits per heavy atom. The van der Waals surface area contributed by atoms with Gasteiger partial charge in [0.25, 0.3) is 0 Å². The molecule has 8 nitrogen and oxygen atoms in total. The summed E-state index contributed by atoms with van der Waals surface area (Å²) in [4.78, 5) is 45.2. The lowest BCUT2D eigenvalue weighted by atomic mass is 10.0. The fourth-order valence-corrected chi connectivity index (χ4v) is 2.12. The predicted molar refractivity (Wildman–Crippen MR) is 79.2 cm³/mol. The monoisotopic (exact) mass is 335 g/mol. The van der Waals surface area contributed by atoms with Crippen LogP contribution in [0.4, 0.5) is 4.79 Å². The summed E-state index contributed by atoms with van der Waals surface area (Å²) in [6.45, 7) is 6.85. The van der Waals surface area contributed by atoms with E-state index in [2.05, 4.69) is 14.8 Å². The number of hydrogen-bond donors (Lipinski definition) is 2. The second-order valence-corrected chi connectivity index (χ2v) is 6.88. The molecule has 0 aromatic heterocycles. The number of aliphatic carboxylic acids is 1. The SMILES string of the molecule is CC(=O)OCOC(=O)SC(C)(C)[C@@H](NC(=O)C(C)C)C(=O)O. The molecule has 0 aliphatic rings. The fraction of sp³-hybridized carbons (Fsp3) is 0.692. The van der Waals surface area contributed by atoms with Crippen molar-refractivity contribution in [2.24, 2.45) is 5.92 Å². The number of rotatable bonds is 7. The van der Waals surface area contributed by atoms with E-state index in [1.807, 2.05) is 0 Å². The molecule has 1 atom stereocenters. The van der Waals surface area contributed by atoms with Crippen molar-refractivity contribution in [1.82, 2.24) is 5.32 Å². The molecule has 0 unspecified atom stereocenters. The third-order valence-electron chi connectivity index (χ3n) is 2.54. The summed E-state index contributed by atoms with van der Waals surface area (Å²) in [5.74, 6) is -2.70. The molecule has 126 valence electrons. The van der Waals surface area contributed by atoms with E-state index in [-0.39, 0.29) is 0 Å². The van der Waals surface area contributed by atoms with Gasteiger partial charge in [0.2, 0.25) is 12.7 Å². The third kappa shape index (κ3) is 7.30. The van der Waals surface area contributed by atoms with Crippen molar-refractivity contribution in [2.75, 3.05) is 6.79 Å². The number of carboxylic acid groups (broad SMARTS) is 1. The van der Waals surface area contributed by atoms with Crippen LogP contribution in [0, 0.1) is 5.92 Å². The van der Waals surface area contributed by atoms with Gasteiger partial charge in [-0.1, -0.05) is 13.8 Å². The van der Waals surface area contributed by atoms with Gasteiger partial charge in [-0.2, -0.15) is 0 Å². The summed E-state index contributed by atoms with van der Waals surface area (Å²) in [6.07, 6.45) is 0. The number of carboxylic acids is 1. The maximum Gasteiger partial charge on any atom is 0.370 e. The molecule has 22 heavy (non-hydrogen) atoms. The molecule has 0 aliphatic carbocycles. The third-order valence-corrected chi connectivity index (χ3v) is 3.58. The Bertz CT molecular complexity index is 448. The van der Waals surface area contributed by atoms with E-state index in [1.165, 1.54) is 13.8 Å². The van der Waals surface area contributed by atoms with Crippen molar-refractivity contribution >= 4 is 34.9 Å². The Balaban J connectivity index is 4.76. The van der Waals surface area contributed by atoms with Crippen LogP contribution >= 0.6 is 11.8 Å². The van der Waals surface area contributed by atoms with Crippen LogP contribution in [0.25, 0.3) is 0 Å². The lowest BCUT2D eigenvalue weighted by Crippen LogP contribution is -2.53. The van der Waals surface area contributed by atoms with Crippen LogP contribution in [0.1, 0.15) is 34.6 Å². The second-order valence-electron chi connectivity index (χ2n) is 5.29. The molecular weight excluding hydrogens is 314 g/mol. The van der Waals surface area contributed by atoms with Crippen molar-refractivity contribution in [3.05, 3.63) is 0 Å². The number of esters is 1. The largest absolute Gasteiger partial charge is 0.480 e. The highest BCUT2D eigenvalue weighted by molar-refractivity contribution is 8.14. The molecule has 2 N–H and O–H groups in total. The summed E-state index contributed by atoms with van der Waals surface area (Å²) in [6, 6.07) is -1.28. The van der Waals surface area contributed by atoms with Crippen LogP contribution in [0.5, 0.6) is 0 Å². The summed E-state index contributed by atoms with van der Waals surface area (Å²) in [7, 11) is 0. The molecule has 0 aromatic carbocycles. The van der Waals surface area contributed by atoms with Crippen LogP contribution in [0.15, 0.2) is 0 Å². The Morgan fingerprint density at radius 3 is 2.14 bits per heavy atom. The first-order valence-corrected chi connectivity index (χ1v) is 7.31. The minimum Gasteiger partial charge on any atom is -0.480 e. The Hall–Kier alpha value is -1.77. The molecule has 9 heteroatoms. The molecule has 0 fully saturated rings. The van der Waals surface area contributed by atoms with E-state index >= 15 is 0 Å². The summed E-state index contributed by atoms with van der Waals surface area (Å²) in [5.41, 5.74) is 0. The second kappa shape index (κ2) is 8.62. The van der Waals surface area contributed by atoms with Gasteiger partial charge in [0, 0.05) is 12.8 Å². The molecule has 0 radical (unpaired) electrons. The van der Waals surface area contributed by atoms with E-state index < -0.39 is 46.6 Å². The van der Waals surface area contributed by atoms with E-state index in [0.717, 1.165) is 6.92 Å². The number of hydrogen-bond acceptors (Lipinski definition) is 7. The highest BCUT2D eigenvalue weighted by atomic mass is 32.2. The highest BCUT2D eigenvalue weighted by Gasteiger charge is 2.40. The lowest BCUT2D eigenvalue weighted by Gasteiger charge is -2.30. The molecule has 0 bridgehead atoms. The zero-order valence-corrected chi connectivity index (χ0v) is 14.0. The zero-order chi connectivity index (χ0) is 17.5. The molecular formula is C13H21NO7S. The highest BCUT2D eigenvalue weighted by Crippen LogP contribution is 2.30. The maximum atomic E-state index is 11.7. The number of carbonyl (C=O) groups is 4. The minimum atomic E-state index is -1.28. The molecule has 0 spiro atoms. The fourth-order valence-electron chi connectivity index (χ4n) is 1.31. The molecule has 0 aromatic rings. The smallest absolute Gasteiger partial charge is 0.370 e. The normalized spacial score (nSPS) is 12.5. The number of ether oxygens (including phenoxy) is 2. The van der Waals surface area contributed by atoms with E-state index in [0.29, 0.717) is 11.8 Å². The van der Waals surface area contributed by atoms with Crippen LogP contribution < -0.4 is 5.32 Å². The van der Waals surface area contributed by atoms with E-state index in [4.69, 9.17) is 0 Å². The quantitative estimate of drug-likeness (QED) is 0.529. The van der Waals surface area contributed by atoms with Gasteiger partial charge in [0.05, 0.1) is 4.75 Å². The average molecular weight is 335 g/mol. The van der Waals surface area contributed by atoms with E-state index in [1.54, 1.807) is 13.8 Å². The standard InChI is InChI=1S/C13H21NO7S/c1-7(2)10(16)14-9(11(17)18)13(4,5)22-12(19)21-6-20-8(3)15/h7,9H,6H2,1-5H3,(H,14,16)(H,17,18)/t9-/m0/s1. The Labute approximate surface area is 132 Å². The van der Waals surface area contributed by atoms with Crippen molar-refractivity contribution in [2.45, 2.75) is 45.4 Å². The van der Waals surface area contributed by atoms with Crippen LogP contribution in [-0.2, 0) is 23.9 Å². The lowest BCUT2D eigenvalue weighted by molar-refractivity contribution is -0.148. The van der Waals surface area contributed by atoms with Crippen molar-refractivity contribution in [3.8, 4) is 0 Å². The molecule has 0 aliphatic heterocycles. The van der Waals surface area contributed by atoms with Crippen molar-refractivity contribution in [1.29, 1.82) is 0 Å². The molecule has 0 saturated heterocycles. The van der Waals surface area contributed by atoms with Crippen LogP contribution in [0.2, 0.25) is 0 Å². The minimum absolute atomic E-state index is 0.390. The number of thioether (sulfide) groups is 1. The Kier molecular flexibility index (Phi) is 7.93. The molecule has 1 amide bonds. The zero-order valence-electron chi connectivity index (χ0n) is 13.2. The Morgan fingerprint density at radius 2 is 1.73 bits per heavy atom. The molecule has 0 rings (SSSR count). The summed E-state index contributed by atoms with van der Waals surface area (Å²) >= 11 is 0.596. The van der Waals surface area contributed by atoms with Crippen LogP contribution in [0.3, 0.4) is 0 Å². The first-order valence-electron chi connectivity index (χ1n) is 6.49. The number of amides is 1. The first kappa shape index (κ1) is 20.2. The summed E-state index contributed by atoms with van der Waals surface area (Å²) in [5, 5.41) is 10.8. The average Bonchev–Trinajstić information content (AvgIpc) is 2.33. The maximum absolute atomic E-state index is 11.7. The van der Waals surface area contributed by atoms with Gasteiger partial charge >= 0.3 is 17.2 Å². The number of carbonyl (C=O) groups excluding carboxylic acids is 3. The molecule has 0 heterocycles. The van der Waals surface area contributed by atoms with Crippen molar-refractivity contribution < 1.29 is 33.8 Å². The van der Waals surface area contributed by atoms with E-state index in [9.17, 15) is 24.3 Å². The van der Waals surface area contributed by atoms with Crippen molar-refractivity contribution in [3.63, 3.8) is 0 Å². The van der Waals surface area contributed by atoms with Gasteiger partial charge in [-0.05, 0) is 25.6 Å². The van der Waals surface area contributed by atoms with Gasteiger partial charge in [0.15, 0.2) is 0 Å². The number of nitrogens with one attached hydrogen (secondary N) is 1. The van der Waals surface area contributed by atoms with Gasteiger partial charge in [0.1, 0.15) is 6.04 Å². The topological polar surface area (TPSA) is 119 Å². The van der Waals surface area contributed by atoms with Crippen LogP contribution in [-0.4, -0.2) is 45.8 Å². The van der Waals surface area contributed by atoms with Gasteiger partial charge in [-0.15, -0.1) is 0 Å². The predicted octanol–water partition coefficient (Wildman–Crippen LogP) is 1.38. The first-order chi connectivity index (χ1) is 9.97. The van der Waals surface area contributed by atoms with Gasteiger partial charge < -0.3 is 19.9 Å². The van der Waals surface area contributed by atoms with Gasteiger partial charge in [-0.3, -0.25) is 9.59 Å².